The van der Waals surface area contributed by atoms with Crippen LogP contribution in [0.5, 0.6) is 5.88 Å². The normalized spacial score (nSPS) is 9.31. The minimum atomic E-state index is 0. The van der Waals surface area contributed by atoms with E-state index in [1.807, 2.05) is 30.3 Å². The first-order valence-corrected chi connectivity index (χ1v) is 4.88. The number of rotatable bonds is 3. The Morgan fingerprint density at radius 2 is 1.75 bits per heavy atom. The molecule has 3 nitrogen and oxygen atoms in total. The largest absolute Gasteiger partial charge is 0.472 e. The third-order valence-electron chi connectivity index (χ3n) is 1.84. The average Bonchev–Trinajstić information content (AvgIpc) is 2.30. The second kappa shape index (κ2) is 6.86. The molecular formula is C11H9ClN2NaO. The van der Waals surface area contributed by atoms with Crippen LogP contribution in [0.2, 0.25) is 5.15 Å². The molecule has 1 aromatic carbocycles. The summed E-state index contributed by atoms with van der Waals surface area (Å²) in [5, 5.41) is 7.83. The first kappa shape index (κ1) is 13.5. The zero-order chi connectivity index (χ0) is 10.5. The van der Waals surface area contributed by atoms with Crippen molar-refractivity contribution in [2.45, 2.75) is 6.61 Å². The fourth-order valence-corrected chi connectivity index (χ4v) is 1.21. The van der Waals surface area contributed by atoms with E-state index in [0.717, 1.165) is 5.56 Å². The Morgan fingerprint density at radius 3 is 2.38 bits per heavy atom. The molecular weight excluding hydrogens is 235 g/mol. The molecule has 2 aromatic rings. The van der Waals surface area contributed by atoms with Crippen molar-refractivity contribution in [3.05, 3.63) is 53.2 Å². The van der Waals surface area contributed by atoms with Crippen LogP contribution in [0, 0.1) is 0 Å². The van der Waals surface area contributed by atoms with Gasteiger partial charge in [0.25, 0.3) is 0 Å². The number of hydrogen-bond acceptors (Lipinski definition) is 3. The molecule has 0 saturated heterocycles. The third-order valence-corrected chi connectivity index (χ3v) is 2.04. The number of aromatic nitrogens is 2. The van der Waals surface area contributed by atoms with E-state index in [1.54, 1.807) is 12.1 Å². The molecule has 0 unspecified atom stereocenters. The molecule has 0 aliphatic rings. The van der Waals surface area contributed by atoms with Gasteiger partial charge in [-0.3, -0.25) is 0 Å². The van der Waals surface area contributed by atoms with Crippen molar-refractivity contribution in [3.63, 3.8) is 0 Å². The van der Waals surface area contributed by atoms with Crippen molar-refractivity contribution < 1.29 is 4.74 Å². The summed E-state index contributed by atoms with van der Waals surface area (Å²) in [6.07, 6.45) is 0. The quantitative estimate of drug-likeness (QED) is 0.776. The van der Waals surface area contributed by atoms with Crippen LogP contribution in [0.4, 0.5) is 0 Å². The maximum atomic E-state index is 5.60. The molecule has 0 atom stereocenters. The van der Waals surface area contributed by atoms with Crippen LogP contribution in [0.15, 0.2) is 42.5 Å². The molecule has 77 valence electrons. The van der Waals surface area contributed by atoms with E-state index < -0.39 is 0 Å². The fraction of sp³-hybridized carbons (Fsp3) is 0.0909. The van der Waals surface area contributed by atoms with Crippen LogP contribution < -0.4 is 4.74 Å². The molecule has 1 heterocycles. The van der Waals surface area contributed by atoms with E-state index in [0.29, 0.717) is 17.6 Å². The predicted octanol–water partition coefficient (Wildman–Crippen LogP) is 2.33. The second-order valence-electron chi connectivity index (χ2n) is 2.97. The van der Waals surface area contributed by atoms with Gasteiger partial charge in [-0.2, -0.15) is 0 Å². The first-order chi connectivity index (χ1) is 7.34. The first-order valence-electron chi connectivity index (χ1n) is 4.50. The van der Waals surface area contributed by atoms with Crippen molar-refractivity contribution >= 4 is 41.2 Å². The minimum Gasteiger partial charge on any atom is -0.472 e. The van der Waals surface area contributed by atoms with E-state index in [-0.39, 0.29) is 29.6 Å². The monoisotopic (exact) mass is 243 g/mol. The number of halogens is 1. The molecule has 0 spiro atoms. The van der Waals surface area contributed by atoms with E-state index in [2.05, 4.69) is 10.2 Å². The molecule has 0 fully saturated rings. The molecule has 0 amide bonds. The molecule has 0 bridgehead atoms. The molecule has 1 radical (unpaired) electrons. The second-order valence-corrected chi connectivity index (χ2v) is 3.36. The summed E-state index contributed by atoms with van der Waals surface area (Å²) in [6, 6.07) is 13.2. The van der Waals surface area contributed by atoms with Gasteiger partial charge in [0.2, 0.25) is 5.88 Å². The molecule has 2 rings (SSSR count). The number of benzene rings is 1. The van der Waals surface area contributed by atoms with Gasteiger partial charge in [-0.1, -0.05) is 41.9 Å². The molecule has 0 aliphatic carbocycles. The molecule has 1 aromatic heterocycles. The van der Waals surface area contributed by atoms with Gasteiger partial charge >= 0.3 is 0 Å². The Morgan fingerprint density at radius 1 is 1.00 bits per heavy atom. The third kappa shape index (κ3) is 4.10. The molecule has 16 heavy (non-hydrogen) atoms. The summed E-state index contributed by atoms with van der Waals surface area (Å²) < 4.78 is 5.41. The summed E-state index contributed by atoms with van der Waals surface area (Å²) in [5.41, 5.74) is 1.09. The topological polar surface area (TPSA) is 35.0 Å². The van der Waals surface area contributed by atoms with Crippen molar-refractivity contribution in [2.24, 2.45) is 0 Å². The van der Waals surface area contributed by atoms with Gasteiger partial charge in [0.05, 0.1) is 0 Å². The van der Waals surface area contributed by atoms with Gasteiger partial charge in [-0.25, -0.2) is 0 Å². The number of ether oxygens (including phenoxy) is 1. The van der Waals surface area contributed by atoms with Gasteiger partial charge in [0.1, 0.15) is 6.61 Å². The van der Waals surface area contributed by atoms with Gasteiger partial charge in [0.15, 0.2) is 5.15 Å². The van der Waals surface area contributed by atoms with Crippen LogP contribution in [0.1, 0.15) is 5.56 Å². The van der Waals surface area contributed by atoms with Crippen LogP contribution in [-0.4, -0.2) is 39.8 Å². The Labute approximate surface area is 121 Å². The van der Waals surface area contributed by atoms with Crippen molar-refractivity contribution in [2.75, 3.05) is 0 Å². The molecule has 0 N–H and O–H groups in total. The Hall–Kier alpha value is -0.610. The summed E-state index contributed by atoms with van der Waals surface area (Å²) in [7, 11) is 0. The summed E-state index contributed by atoms with van der Waals surface area (Å²) in [5.74, 6) is 0.475. The van der Waals surface area contributed by atoms with E-state index >= 15 is 0 Å². The van der Waals surface area contributed by atoms with Crippen LogP contribution in [0.25, 0.3) is 0 Å². The van der Waals surface area contributed by atoms with Gasteiger partial charge in [0, 0.05) is 35.6 Å². The van der Waals surface area contributed by atoms with Gasteiger partial charge < -0.3 is 4.74 Å². The Kier molecular flexibility index (Phi) is 5.77. The standard InChI is InChI=1S/C11H9ClN2O.Na/c12-10-6-7-11(14-13-10)15-8-9-4-2-1-3-5-9;/h1-7H,8H2;. The zero-order valence-electron chi connectivity index (χ0n) is 8.93. The van der Waals surface area contributed by atoms with Crippen molar-refractivity contribution in [3.8, 4) is 5.88 Å². The number of nitrogens with zero attached hydrogens (tertiary/aromatic N) is 2. The maximum absolute atomic E-state index is 5.60. The van der Waals surface area contributed by atoms with Gasteiger partial charge in [-0.15, -0.1) is 10.2 Å². The van der Waals surface area contributed by atoms with Gasteiger partial charge in [-0.05, 0) is 11.6 Å². The van der Waals surface area contributed by atoms with E-state index in [1.165, 1.54) is 0 Å². The molecule has 5 heteroatoms. The fourth-order valence-electron chi connectivity index (χ4n) is 1.11. The summed E-state index contributed by atoms with van der Waals surface area (Å²) >= 11 is 5.60. The Balaban J connectivity index is 0.00000128. The minimum absolute atomic E-state index is 0. The van der Waals surface area contributed by atoms with Crippen LogP contribution >= 0.6 is 11.6 Å². The van der Waals surface area contributed by atoms with E-state index in [9.17, 15) is 0 Å². The average molecular weight is 244 g/mol. The van der Waals surface area contributed by atoms with E-state index in [4.69, 9.17) is 16.3 Å². The number of hydrogen-bond donors (Lipinski definition) is 0. The predicted molar refractivity (Wildman–Crippen MR) is 63.6 cm³/mol. The van der Waals surface area contributed by atoms with Crippen LogP contribution in [0.3, 0.4) is 0 Å². The maximum Gasteiger partial charge on any atom is 0.233 e. The summed E-state index contributed by atoms with van der Waals surface area (Å²) in [6.45, 7) is 0.483. The Bertz CT molecular complexity index is 422. The molecule has 0 aliphatic heterocycles. The van der Waals surface area contributed by atoms with Crippen molar-refractivity contribution in [1.29, 1.82) is 0 Å². The molecule has 0 saturated carbocycles. The summed E-state index contributed by atoms with van der Waals surface area (Å²) in [4.78, 5) is 0. The smallest absolute Gasteiger partial charge is 0.233 e. The zero-order valence-corrected chi connectivity index (χ0v) is 11.7. The van der Waals surface area contributed by atoms with Crippen LogP contribution in [-0.2, 0) is 6.61 Å². The SMILES string of the molecule is Clc1ccc(OCc2ccccc2)nn1.[Na]. The van der Waals surface area contributed by atoms with Crippen molar-refractivity contribution in [1.82, 2.24) is 10.2 Å².